The van der Waals surface area contributed by atoms with Crippen LogP contribution < -0.4 is 5.32 Å². The maximum Gasteiger partial charge on any atom is 0.0631 e. The van der Waals surface area contributed by atoms with Crippen LogP contribution >= 0.6 is 11.3 Å². The average Bonchev–Trinajstić information content (AvgIpc) is 2.79. The Labute approximate surface area is 105 Å². The Morgan fingerprint density at radius 1 is 1.18 bits per heavy atom. The summed E-state index contributed by atoms with van der Waals surface area (Å²) < 4.78 is 0. The lowest BCUT2D eigenvalue weighted by Gasteiger charge is -2.17. The largest absolute Gasteiger partial charge is 0.393 e. The van der Waals surface area contributed by atoms with E-state index in [0.717, 1.165) is 18.5 Å². The first kappa shape index (κ1) is 10.8. The molecule has 0 saturated carbocycles. The Kier molecular flexibility index (Phi) is 2.87. The number of anilines is 1. The zero-order chi connectivity index (χ0) is 11.7. The van der Waals surface area contributed by atoms with Gasteiger partial charge in [-0.3, -0.25) is 0 Å². The number of thiophene rings is 1. The first-order valence-electron chi connectivity index (χ1n) is 5.89. The summed E-state index contributed by atoms with van der Waals surface area (Å²) in [6, 6.07) is 12.7. The van der Waals surface area contributed by atoms with Crippen LogP contribution in [0.5, 0.6) is 0 Å². The molecule has 2 nitrogen and oxygen atoms in total. The number of benzene rings is 1. The van der Waals surface area contributed by atoms with Crippen molar-refractivity contribution < 1.29 is 5.11 Å². The van der Waals surface area contributed by atoms with Crippen LogP contribution in [0.15, 0.2) is 41.8 Å². The third kappa shape index (κ3) is 2.21. The summed E-state index contributed by atoms with van der Waals surface area (Å²) in [5.41, 5.74) is 2.36. The minimum absolute atomic E-state index is 0.230. The highest BCUT2D eigenvalue weighted by Gasteiger charge is 2.22. The molecule has 2 N–H and O–H groups in total. The molecule has 1 aromatic carbocycles. The van der Waals surface area contributed by atoms with Crippen LogP contribution in [0.1, 0.15) is 22.9 Å². The van der Waals surface area contributed by atoms with Gasteiger partial charge < -0.3 is 10.4 Å². The zero-order valence-corrected chi connectivity index (χ0v) is 10.3. The Morgan fingerprint density at radius 2 is 2.06 bits per heavy atom. The molecule has 88 valence electrons. The first-order chi connectivity index (χ1) is 8.33. The lowest BCUT2D eigenvalue weighted by Crippen LogP contribution is -2.15. The smallest absolute Gasteiger partial charge is 0.0631 e. The third-order valence-corrected chi connectivity index (χ3v) is 4.18. The molecule has 0 saturated heterocycles. The number of para-hydroxylation sites is 1. The quantitative estimate of drug-likeness (QED) is 0.808. The average molecular weight is 245 g/mol. The van der Waals surface area contributed by atoms with Gasteiger partial charge in [0.15, 0.2) is 0 Å². The van der Waals surface area contributed by atoms with E-state index in [2.05, 4.69) is 35.0 Å². The van der Waals surface area contributed by atoms with Crippen LogP contribution in [0.2, 0.25) is 0 Å². The molecule has 1 aliphatic heterocycles. The normalized spacial score (nSPS) is 23.6. The number of hydrogen-bond donors (Lipinski definition) is 2. The summed E-state index contributed by atoms with van der Waals surface area (Å²) in [7, 11) is 0. The number of aliphatic hydroxyl groups is 1. The standard InChI is InChI=1S/C14H15NOS/c16-11-8-10-4-1-2-5-12(10)15-13(9-11)14-6-3-7-17-14/h1-7,11,13,15-16H,8-9H2/t11-,13+/m1/s1. The van der Waals surface area contributed by atoms with Crippen LogP contribution in [0, 0.1) is 0 Å². The van der Waals surface area contributed by atoms with E-state index in [1.165, 1.54) is 10.4 Å². The fourth-order valence-electron chi connectivity index (χ4n) is 2.37. The minimum Gasteiger partial charge on any atom is -0.393 e. The van der Waals surface area contributed by atoms with Crippen LogP contribution in [-0.4, -0.2) is 11.2 Å². The molecule has 17 heavy (non-hydrogen) atoms. The van der Waals surface area contributed by atoms with Crippen molar-refractivity contribution in [3.63, 3.8) is 0 Å². The monoisotopic (exact) mass is 245 g/mol. The van der Waals surface area contributed by atoms with Crippen LogP contribution in [-0.2, 0) is 6.42 Å². The van der Waals surface area contributed by atoms with E-state index in [1.807, 2.05) is 12.1 Å². The SMILES string of the molecule is O[C@@H]1Cc2ccccc2N[C@H](c2cccs2)C1. The van der Waals surface area contributed by atoms with E-state index >= 15 is 0 Å². The van der Waals surface area contributed by atoms with Gasteiger partial charge in [0.05, 0.1) is 12.1 Å². The Morgan fingerprint density at radius 3 is 2.88 bits per heavy atom. The lowest BCUT2D eigenvalue weighted by molar-refractivity contribution is 0.161. The second kappa shape index (κ2) is 4.51. The second-order valence-electron chi connectivity index (χ2n) is 4.46. The number of nitrogens with one attached hydrogen (secondary N) is 1. The summed E-state index contributed by atoms with van der Waals surface area (Å²) in [5, 5.41) is 15.7. The van der Waals surface area contributed by atoms with Gasteiger partial charge in [-0.1, -0.05) is 24.3 Å². The molecule has 0 amide bonds. The van der Waals surface area contributed by atoms with Crippen molar-refractivity contribution in [3.05, 3.63) is 52.2 Å². The van der Waals surface area contributed by atoms with Gasteiger partial charge in [0.2, 0.25) is 0 Å². The van der Waals surface area contributed by atoms with Crippen molar-refractivity contribution in [2.75, 3.05) is 5.32 Å². The predicted octanol–water partition coefficient (Wildman–Crippen LogP) is 3.21. The summed E-state index contributed by atoms with van der Waals surface area (Å²) >= 11 is 1.74. The van der Waals surface area contributed by atoms with E-state index in [4.69, 9.17) is 0 Å². The Bertz CT molecular complexity index is 495. The van der Waals surface area contributed by atoms with Crippen molar-refractivity contribution in [1.82, 2.24) is 0 Å². The molecule has 2 heterocycles. The molecule has 0 unspecified atom stereocenters. The van der Waals surface area contributed by atoms with Crippen molar-refractivity contribution in [3.8, 4) is 0 Å². The number of aliphatic hydroxyl groups excluding tert-OH is 1. The molecule has 3 heteroatoms. The van der Waals surface area contributed by atoms with Gasteiger partial charge >= 0.3 is 0 Å². The van der Waals surface area contributed by atoms with Crippen molar-refractivity contribution in [2.24, 2.45) is 0 Å². The minimum atomic E-state index is -0.266. The van der Waals surface area contributed by atoms with E-state index < -0.39 is 0 Å². The number of rotatable bonds is 1. The molecule has 0 radical (unpaired) electrons. The van der Waals surface area contributed by atoms with E-state index in [-0.39, 0.29) is 12.1 Å². The topological polar surface area (TPSA) is 32.3 Å². The van der Waals surface area contributed by atoms with Gasteiger partial charge in [-0.2, -0.15) is 0 Å². The van der Waals surface area contributed by atoms with Gasteiger partial charge in [0.25, 0.3) is 0 Å². The maximum absolute atomic E-state index is 10.1. The van der Waals surface area contributed by atoms with E-state index in [0.29, 0.717) is 0 Å². The molecular weight excluding hydrogens is 230 g/mol. The maximum atomic E-state index is 10.1. The summed E-state index contributed by atoms with van der Waals surface area (Å²) in [5.74, 6) is 0. The predicted molar refractivity (Wildman–Crippen MR) is 71.5 cm³/mol. The molecule has 0 bridgehead atoms. The molecule has 1 aliphatic rings. The summed E-state index contributed by atoms with van der Waals surface area (Å²) in [6.07, 6.45) is 1.25. The van der Waals surface area contributed by atoms with Crippen molar-refractivity contribution >= 4 is 17.0 Å². The fraction of sp³-hybridized carbons (Fsp3) is 0.286. The highest BCUT2D eigenvalue weighted by Crippen LogP contribution is 2.33. The van der Waals surface area contributed by atoms with Gasteiger partial charge in [-0.15, -0.1) is 11.3 Å². The van der Waals surface area contributed by atoms with E-state index in [9.17, 15) is 5.11 Å². The molecule has 0 spiro atoms. The van der Waals surface area contributed by atoms with Gasteiger partial charge in [0.1, 0.15) is 0 Å². The van der Waals surface area contributed by atoms with Crippen LogP contribution in [0.25, 0.3) is 0 Å². The van der Waals surface area contributed by atoms with Gasteiger partial charge in [0, 0.05) is 17.0 Å². The van der Waals surface area contributed by atoms with Gasteiger partial charge in [-0.05, 0) is 29.5 Å². The van der Waals surface area contributed by atoms with Crippen molar-refractivity contribution in [2.45, 2.75) is 25.0 Å². The summed E-state index contributed by atoms with van der Waals surface area (Å²) in [6.45, 7) is 0. The molecule has 1 aromatic heterocycles. The molecular formula is C14H15NOS. The number of hydrogen-bond acceptors (Lipinski definition) is 3. The molecule has 3 rings (SSSR count). The fourth-order valence-corrected chi connectivity index (χ4v) is 3.16. The molecule has 2 aromatic rings. The van der Waals surface area contributed by atoms with Crippen molar-refractivity contribution in [1.29, 1.82) is 0 Å². The van der Waals surface area contributed by atoms with E-state index in [1.54, 1.807) is 11.3 Å². The van der Waals surface area contributed by atoms with Gasteiger partial charge in [-0.25, -0.2) is 0 Å². The van der Waals surface area contributed by atoms with Crippen LogP contribution in [0.4, 0.5) is 5.69 Å². The molecule has 0 fully saturated rings. The Balaban J connectivity index is 1.95. The first-order valence-corrected chi connectivity index (χ1v) is 6.77. The van der Waals surface area contributed by atoms with Crippen LogP contribution in [0.3, 0.4) is 0 Å². The highest BCUT2D eigenvalue weighted by atomic mass is 32.1. The molecule has 2 atom stereocenters. The molecule has 0 aliphatic carbocycles. The summed E-state index contributed by atoms with van der Waals surface area (Å²) in [4.78, 5) is 1.29. The highest BCUT2D eigenvalue weighted by molar-refractivity contribution is 7.10. The Hall–Kier alpha value is -1.32. The third-order valence-electron chi connectivity index (χ3n) is 3.20. The lowest BCUT2D eigenvalue weighted by atomic mass is 10.0. The number of fused-ring (bicyclic) bond motifs is 1. The second-order valence-corrected chi connectivity index (χ2v) is 5.44. The zero-order valence-electron chi connectivity index (χ0n) is 9.47.